The first-order valence-electron chi connectivity index (χ1n) is 6.48. The third-order valence-electron chi connectivity index (χ3n) is 3.26. The highest BCUT2D eigenvalue weighted by Crippen LogP contribution is 2.26. The van der Waals surface area contributed by atoms with Crippen molar-refractivity contribution in [1.29, 1.82) is 0 Å². The van der Waals surface area contributed by atoms with Gasteiger partial charge in [0.05, 0.1) is 6.04 Å². The van der Waals surface area contributed by atoms with E-state index in [1.54, 1.807) is 6.07 Å². The van der Waals surface area contributed by atoms with E-state index in [0.29, 0.717) is 11.4 Å². The molecule has 0 aliphatic rings. The van der Waals surface area contributed by atoms with E-state index in [1.165, 1.54) is 28.8 Å². The zero-order chi connectivity index (χ0) is 14.7. The Balaban J connectivity index is 2.28. The molecule has 4 heteroatoms. The third-order valence-corrected chi connectivity index (χ3v) is 3.59. The van der Waals surface area contributed by atoms with E-state index in [4.69, 9.17) is 17.4 Å². The molecule has 3 N–H and O–H groups in total. The molecule has 1 unspecified atom stereocenters. The van der Waals surface area contributed by atoms with Crippen LogP contribution in [0.25, 0.3) is 0 Å². The summed E-state index contributed by atoms with van der Waals surface area (Å²) in [6, 6.07) is 10.6. The van der Waals surface area contributed by atoms with Crippen molar-refractivity contribution < 1.29 is 4.39 Å². The zero-order valence-electron chi connectivity index (χ0n) is 11.6. The summed E-state index contributed by atoms with van der Waals surface area (Å²) in [6.45, 7) is 4.12. The fraction of sp³-hybridized carbons (Fsp3) is 0.250. The van der Waals surface area contributed by atoms with Crippen molar-refractivity contribution in [3.63, 3.8) is 0 Å². The van der Waals surface area contributed by atoms with Gasteiger partial charge in [-0.3, -0.25) is 11.3 Å². The smallest absolute Gasteiger partial charge is 0.124 e. The lowest BCUT2D eigenvalue weighted by atomic mass is 9.97. The summed E-state index contributed by atoms with van der Waals surface area (Å²) in [5.41, 5.74) is 7.15. The topological polar surface area (TPSA) is 38.0 Å². The molecular weight excluding hydrogens is 275 g/mol. The summed E-state index contributed by atoms with van der Waals surface area (Å²) in [7, 11) is 0. The first-order valence-corrected chi connectivity index (χ1v) is 6.85. The molecule has 0 bridgehead atoms. The number of aryl methyl sites for hydroxylation is 2. The van der Waals surface area contributed by atoms with Crippen LogP contribution in [-0.2, 0) is 6.42 Å². The molecule has 0 radical (unpaired) electrons. The highest BCUT2D eigenvalue weighted by atomic mass is 35.5. The van der Waals surface area contributed by atoms with E-state index in [1.807, 2.05) is 0 Å². The number of nitrogens with two attached hydrogens (primary N) is 1. The van der Waals surface area contributed by atoms with Crippen LogP contribution in [0.5, 0.6) is 0 Å². The molecule has 0 amide bonds. The Morgan fingerprint density at radius 1 is 1.15 bits per heavy atom. The number of hydrogen-bond acceptors (Lipinski definition) is 2. The van der Waals surface area contributed by atoms with Crippen molar-refractivity contribution in [1.82, 2.24) is 5.43 Å². The lowest BCUT2D eigenvalue weighted by Crippen LogP contribution is -2.29. The molecule has 106 valence electrons. The number of nitrogens with one attached hydrogen (secondary N) is 1. The van der Waals surface area contributed by atoms with Crippen LogP contribution in [0.1, 0.15) is 28.3 Å². The molecule has 0 aliphatic heterocycles. The summed E-state index contributed by atoms with van der Waals surface area (Å²) in [5.74, 6) is 5.29. The van der Waals surface area contributed by atoms with Crippen LogP contribution < -0.4 is 11.3 Å². The molecule has 1 atom stereocenters. The van der Waals surface area contributed by atoms with E-state index >= 15 is 0 Å². The molecular formula is C16H18ClFN2. The van der Waals surface area contributed by atoms with Crippen LogP contribution in [0.3, 0.4) is 0 Å². The van der Waals surface area contributed by atoms with Gasteiger partial charge in [-0.1, -0.05) is 47.0 Å². The third kappa shape index (κ3) is 3.57. The molecule has 0 saturated carbocycles. The van der Waals surface area contributed by atoms with Gasteiger partial charge < -0.3 is 0 Å². The van der Waals surface area contributed by atoms with Crippen molar-refractivity contribution in [2.45, 2.75) is 26.3 Å². The van der Waals surface area contributed by atoms with Crippen molar-refractivity contribution in [2.75, 3.05) is 0 Å². The summed E-state index contributed by atoms with van der Waals surface area (Å²) < 4.78 is 13.1. The Labute approximate surface area is 123 Å². The normalized spacial score (nSPS) is 12.4. The molecule has 0 aromatic heterocycles. The van der Waals surface area contributed by atoms with Gasteiger partial charge >= 0.3 is 0 Å². The molecule has 20 heavy (non-hydrogen) atoms. The number of benzene rings is 2. The fourth-order valence-corrected chi connectivity index (χ4v) is 2.76. The van der Waals surface area contributed by atoms with Gasteiger partial charge in [-0.15, -0.1) is 0 Å². The van der Waals surface area contributed by atoms with E-state index < -0.39 is 0 Å². The second-order valence-electron chi connectivity index (χ2n) is 5.09. The predicted molar refractivity (Wildman–Crippen MR) is 81.1 cm³/mol. The monoisotopic (exact) mass is 292 g/mol. The van der Waals surface area contributed by atoms with Gasteiger partial charge in [-0.2, -0.15) is 0 Å². The molecule has 2 rings (SSSR count). The minimum Gasteiger partial charge on any atom is -0.271 e. The van der Waals surface area contributed by atoms with Crippen LogP contribution >= 0.6 is 11.6 Å². The average molecular weight is 293 g/mol. The first-order chi connectivity index (χ1) is 9.49. The molecule has 0 heterocycles. The Bertz CT molecular complexity index is 593. The van der Waals surface area contributed by atoms with Crippen molar-refractivity contribution in [3.05, 3.63) is 69.5 Å². The van der Waals surface area contributed by atoms with E-state index in [2.05, 4.69) is 37.5 Å². The standard InChI is InChI=1S/C16H18ClFN2/c1-10-5-11(2)7-12(6-10)8-16(20-19)14-4-3-13(18)9-15(14)17/h3-7,9,16,20H,8,19H2,1-2H3. The Morgan fingerprint density at radius 3 is 2.35 bits per heavy atom. The largest absolute Gasteiger partial charge is 0.271 e. The lowest BCUT2D eigenvalue weighted by molar-refractivity contribution is 0.549. The van der Waals surface area contributed by atoms with Gasteiger partial charge in [0.25, 0.3) is 0 Å². The maximum Gasteiger partial charge on any atom is 0.124 e. The van der Waals surface area contributed by atoms with Gasteiger partial charge in [0.15, 0.2) is 0 Å². The molecule has 0 fully saturated rings. The maximum atomic E-state index is 13.1. The number of hydrazine groups is 1. The summed E-state index contributed by atoms with van der Waals surface area (Å²) in [6.07, 6.45) is 0.699. The fourth-order valence-electron chi connectivity index (χ4n) is 2.47. The van der Waals surface area contributed by atoms with Crippen LogP contribution in [0.4, 0.5) is 4.39 Å². The minimum absolute atomic E-state index is 0.149. The zero-order valence-corrected chi connectivity index (χ0v) is 12.3. The molecule has 2 aromatic carbocycles. The Kier molecular flexibility index (Phi) is 4.76. The summed E-state index contributed by atoms with van der Waals surface area (Å²) >= 11 is 6.10. The first kappa shape index (κ1) is 15.0. The summed E-state index contributed by atoms with van der Waals surface area (Å²) in [5, 5.41) is 0.386. The van der Waals surface area contributed by atoms with Gasteiger partial charge in [0.2, 0.25) is 0 Å². The average Bonchev–Trinajstić information content (AvgIpc) is 2.35. The van der Waals surface area contributed by atoms with E-state index in [9.17, 15) is 4.39 Å². The molecule has 2 aromatic rings. The molecule has 2 nitrogen and oxygen atoms in total. The highest BCUT2D eigenvalue weighted by molar-refractivity contribution is 6.31. The number of rotatable bonds is 4. The van der Waals surface area contributed by atoms with Gasteiger partial charge in [-0.05, 0) is 43.5 Å². The predicted octanol–water partition coefficient (Wildman–Crippen LogP) is 3.84. The van der Waals surface area contributed by atoms with E-state index in [-0.39, 0.29) is 11.9 Å². The molecule has 0 aliphatic carbocycles. The lowest BCUT2D eigenvalue weighted by Gasteiger charge is -2.18. The van der Waals surface area contributed by atoms with Gasteiger partial charge in [0.1, 0.15) is 5.82 Å². The number of halogens is 2. The second kappa shape index (κ2) is 6.35. The van der Waals surface area contributed by atoms with Crippen LogP contribution in [0.2, 0.25) is 5.02 Å². The SMILES string of the molecule is Cc1cc(C)cc(CC(NN)c2ccc(F)cc2Cl)c1. The number of hydrogen-bond donors (Lipinski definition) is 2. The molecule has 0 saturated heterocycles. The second-order valence-corrected chi connectivity index (χ2v) is 5.49. The summed E-state index contributed by atoms with van der Waals surface area (Å²) in [4.78, 5) is 0. The van der Waals surface area contributed by atoms with Crippen LogP contribution in [-0.4, -0.2) is 0 Å². The highest BCUT2D eigenvalue weighted by Gasteiger charge is 2.15. The van der Waals surface area contributed by atoms with Crippen molar-refractivity contribution in [3.8, 4) is 0 Å². The minimum atomic E-state index is -0.346. The Morgan fingerprint density at radius 2 is 1.80 bits per heavy atom. The maximum absolute atomic E-state index is 13.1. The van der Waals surface area contributed by atoms with Crippen molar-refractivity contribution >= 4 is 11.6 Å². The van der Waals surface area contributed by atoms with Crippen molar-refractivity contribution in [2.24, 2.45) is 5.84 Å². The van der Waals surface area contributed by atoms with Crippen LogP contribution in [0.15, 0.2) is 36.4 Å². The van der Waals surface area contributed by atoms with E-state index in [0.717, 1.165) is 5.56 Å². The van der Waals surface area contributed by atoms with Gasteiger partial charge in [-0.25, -0.2) is 4.39 Å². The quantitative estimate of drug-likeness (QED) is 0.664. The Hall–Kier alpha value is -1.42. The molecule has 0 spiro atoms. The van der Waals surface area contributed by atoms with Gasteiger partial charge in [0, 0.05) is 5.02 Å². The van der Waals surface area contributed by atoms with Crippen LogP contribution in [0, 0.1) is 19.7 Å².